The molecule has 2 rings (SSSR count). The van der Waals surface area contributed by atoms with Crippen LogP contribution in [0, 0.1) is 0 Å². The minimum atomic E-state index is -0.534. The Labute approximate surface area is 90.0 Å². The molecular weight excluding hydrogens is 190 g/mol. The fourth-order valence-electron chi connectivity index (χ4n) is 2.19. The topological polar surface area (TPSA) is 49.2 Å². The molecule has 1 aromatic rings. The molecule has 15 heavy (non-hydrogen) atoms. The van der Waals surface area contributed by atoms with Gasteiger partial charge in [-0.2, -0.15) is 0 Å². The minimum absolute atomic E-state index is 0.534. The number of aromatic nitrogens is 2. The van der Waals surface area contributed by atoms with Gasteiger partial charge in [0.25, 0.3) is 0 Å². The first-order valence-corrected chi connectivity index (χ1v) is 5.40. The van der Waals surface area contributed by atoms with Crippen LogP contribution < -0.4 is 4.90 Å². The quantitative estimate of drug-likeness (QED) is 0.809. The third-order valence-corrected chi connectivity index (χ3v) is 2.96. The summed E-state index contributed by atoms with van der Waals surface area (Å²) in [5.41, 5.74) is -0.534. The van der Waals surface area contributed by atoms with Crippen molar-refractivity contribution in [1.29, 1.82) is 0 Å². The Hall–Kier alpha value is -1.16. The maximum absolute atomic E-state index is 10.2. The Morgan fingerprint density at radius 3 is 2.53 bits per heavy atom. The van der Waals surface area contributed by atoms with Crippen molar-refractivity contribution in [3.8, 4) is 0 Å². The zero-order valence-electron chi connectivity index (χ0n) is 9.06. The monoisotopic (exact) mass is 207 g/mol. The smallest absolute Gasteiger partial charge is 0.225 e. The zero-order valence-corrected chi connectivity index (χ0v) is 9.06. The van der Waals surface area contributed by atoms with Crippen molar-refractivity contribution in [3.05, 3.63) is 18.5 Å². The van der Waals surface area contributed by atoms with Gasteiger partial charge in [0.1, 0.15) is 0 Å². The summed E-state index contributed by atoms with van der Waals surface area (Å²) < 4.78 is 0. The van der Waals surface area contributed by atoms with Gasteiger partial charge in [-0.1, -0.05) is 12.8 Å². The second-order valence-electron chi connectivity index (χ2n) is 4.34. The number of hydrogen-bond donors (Lipinski definition) is 1. The lowest BCUT2D eigenvalue weighted by Crippen LogP contribution is -2.39. The molecule has 0 amide bonds. The van der Waals surface area contributed by atoms with Crippen molar-refractivity contribution in [2.75, 3.05) is 18.5 Å². The highest BCUT2D eigenvalue weighted by Crippen LogP contribution is 2.30. The van der Waals surface area contributed by atoms with E-state index >= 15 is 0 Å². The lowest BCUT2D eigenvalue weighted by Gasteiger charge is -2.28. The zero-order chi connectivity index (χ0) is 10.7. The molecule has 4 heteroatoms. The van der Waals surface area contributed by atoms with Gasteiger partial charge in [-0.3, -0.25) is 0 Å². The van der Waals surface area contributed by atoms with Crippen LogP contribution in [-0.4, -0.2) is 34.3 Å². The molecule has 0 aliphatic heterocycles. The average molecular weight is 207 g/mol. The van der Waals surface area contributed by atoms with E-state index in [0.29, 0.717) is 12.5 Å². The molecule has 0 saturated heterocycles. The molecule has 1 fully saturated rings. The number of nitrogens with zero attached hydrogens (tertiary/aromatic N) is 3. The molecule has 1 aliphatic rings. The molecule has 1 aromatic heterocycles. The summed E-state index contributed by atoms with van der Waals surface area (Å²) in [6.45, 7) is 0.622. The predicted molar refractivity (Wildman–Crippen MR) is 58.7 cm³/mol. The van der Waals surface area contributed by atoms with Crippen molar-refractivity contribution in [2.45, 2.75) is 31.3 Å². The summed E-state index contributed by atoms with van der Waals surface area (Å²) in [6, 6.07) is 1.79. The number of rotatable bonds is 3. The highest BCUT2D eigenvalue weighted by Gasteiger charge is 2.32. The Balaban J connectivity index is 2.00. The molecule has 0 atom stereocenters. The normalized spacial score (nSPS) is 19.1. The molecule has 0 bridgehead atoms. The molecule has 1 aliphatic carbocycles. The third kappa shape index (κ3) is 2.45. The van der Waals surface area contributed by atoms with Gasteiger partial charge >= 0.3 is 0 Å². The van der Waals surface area contributed by atoms with Crippen LogP contribution in [0.2, 0.25) is 0 Å². The first-order valence-electron chi connectivity index (χ1n) is 5.40. The summed E-state index contributed by atoms with van der Waals surface area (Å²) in [5, 5.41) is 10.2. The summed E-state index contributed by atoms with van der Waals surface area (Å²) >= 11 is 0. The van der Waals surface area contributed by atoms with Crippen LogP contribution in [-0.2, 0) is 0 Å². The highest BCUT2D eigenvalue weighted by atomic mass is 16.3. The van der Waals surface area contributed by atoms with Crippen LogP contribution in [0.15, 0.2) is 18.5 Å². The highest BCUT2D eigenvalue weighted by molar-refractivity contribution is 5.27. The van der Waals surface area contributed by atoms with Gasteiger partial charge in [-0.05, 0) is 18.9 Å². The number of hydrogen-bond acceptors (Lipinski definition) is 4. The second kappa shape index (κ2) is 4.14. The van der Waals surface area contributed by atoms with Crippen LogP contribution in [0.5, 0.6) is 0 Å². The Morgan fingerprint density at radius 2 is 1.93 bits per heavy atom. The second-order valence-corrected chi connectivity index (χ2v) is 4.34. The van der Waals surface area contributed by atoms with Crippen LogP contribution in [0.3, 0.4) is 0 Å². The largest absolute Gasteiger partial charge is 0.388 e. The molecule has 0 radical (unpaired) electrons. The number of aliphatic hydroxyl groups is 1. The van der Waals surface area contributed by atoms with E-state index in [-0.39, 0.29) is 0 Å². The molecule has 1 N–H and O–H groups in total. The lowest BCUT2D eigenvalue weighted by atomic mass is 10.0. The van der Waals surface area contributed by atoms with Crippen molar-refractivity contribution in [3.63, 3.8) is 0 Å². The van der Waals surface area contributed by atoms with E-state index in [1.54, 1.807) is 18.5 Å². The van der Waals surface area contributed by atoms with Gasteiger partial charge in [0.15, 0.2) is 0 Å². The molecular formula is C11H17N3O. The lowest BCUT2D eigenvalue weighted by molar-refractivity contribution is 0.0556. The summed E-state index contributed by atoms with van der Waals surface area (Å²) in [6.07, 6.45) is 7.48. The Morgan fingerprint density at radius 1 is 1.33 bits per heavy atom. The number of anilines is 1. The fourth-order valence-corrected chi connectivity index (χ4v) is 2.19. The van der Waals surface area contributed by atoms with Gasteiger partial charge in [-0.25, -0.2) is 9.97 Å². The van der Waals surface area contributed by atoms with E-state index in [1.165, 1.54) is 0 Å². The van der Waals surface area contributed by atoms with Crippen molar-refractivity contribution >= 4 is 5.95 Å². The summed E-state index contributed by atoms with van der Waals surface area (Å²) in [4.78, 5) is 10.2. The van der Waals surface area contributed by atoms with E-state index in [4.69, 9.17) is 0 Å². The van der Waals surface area contributed by atoms with E-state index in [0.717, 1.165) is 25.7 Å². The van der Waals surface area contributed by atoms with Crippen molar-refractivity contribution in [1.82, 2.24) is 9.97 Å². The van der Waals surface area contributed by atoms with Gasteiger partial charge in [0, 0.05) is 26.0 Å². The van der Waals surface area contributed by atoms with E-state index in [2.05, 4.69) is 9.97 Å². The molecule has 4 nitrogen and oxygen atoms in total. The average Bonchev–Trinajstić information content (AvgIpc) is 2.66. The maximum Gasteiger partial charge on any atom is 0.225 e. The predicted octanol–water partition coefficient (Wildman–Crippen LogP) is 1.22. The minimum Gasteiger partial charge on any atom is -0.388 e. The molecule has 1 saturated carbocycles. The van der Waals surface area contributed by atoms with Gasteiger partial charge in [-0.15, -0.1) is 0 Å². The van der Waals surface area contributed by atoms with E-state index in [1.807, 2.05) is 11.9 Å². The van der Waals surface area contributed by atoms with E-state index < -0.39 is 5.60 Å². The molecule has 0 unspecified atom stereocenters. The summed E-state index contributed by atoms with van der Waals surface area (Å²) in [7, 11) is 1.92. The van der Waals surface area contributed by atoms with Gasteiger partial charge in [0.2, 0.25) is 5.95 Å². The molecule has 0 aromatic carbocycles. The van der Waals surface area contributed by atoms with Gasteiger partial charge < -0.3 is 10.0 Å². The first kappa shape index (κ1) is 10.4. The summed E-state index contributed by atoms with van der Waals surface area (Å²) in [5.74, 6) is 0.679. The fraction of sp³-hybridized carbons (Fsp3) is 0.636. The first-order chi connectivity index (χ1) is 7.20. The SMILES string of the molecule is CN(CC1(O)CCCC1)c1ncccn1. The van der Waals surface area contributed by atoms with Crippen LogP contribution >= 0.6 is 0 Å². The maximum atomic E-state index is 10.2. The van der Waals surface area contributed by atoms with Gasteiger partial charge in [0.05, 0.1) is 5.60 Å². The van der Waals surface area contributed by atoms with Crippen molar-refractivity contribution < 1.29 is 5.11 Å². The van der Waals surface area contributed by atoms with Crippen molar-refractivity contribution in [2.24, 2.45) is 0 Å². The number of likely N-dealkylation sites (N-methyl/N-ethyl adjacent to an activating group) is 1. The third-order valence-electron chi connectivity index (χ3n) is 2.96. The molecule has 0 spiro atoms. The Kier molecular flexibility index (Phi) is 2.86. The van der Waals surface area contributed by atoms with Crippen LogP contribution in [0.1, 0.15) is 25.7 Å². The molecule has 82 valence electrons. The van der Waals surface area contributed by atoms with Crippen LogP contribution in [0.25, 0.3) is 0 Å². The standard InChI is InChI=1S/C11H17N3O/c1-14(10-12-7-4-8-13-10)9-11(15)5-2-3-6-11/h4,7-8,15H,2-3,5-6,9H2,1H3. The van der Waals surface area contributed by atoms with Crippen LogP contribution in [0.4, 0.5) is 5.95 Å². The Bertz CT molecular complexity index is 309. The molecule has 1 heterocycles. The van der Waals surface area contributed by atoms with E-state index in [9.17, 15) is 5.11 Å².